The Morgan fingerprint density at radius 1 is 1.06 bits per heavy atom. The van der Waals surface area contributed by atoms with Crippen molar-refractivity contribution in [1.29, 1.82) is 0 Å². The highest BCUT2D eigenvalue weighted by Crippen LogP contribution is 2.23. The van der Waals surface area contributed by atoms with Crippen LogP contribution in [-0.2, 0) is 21.5 Å². The van der Waals surface area contributed by atoms with Gasteiger partial charge in [-0.1, -0.05) is 18.2 Å². The predicted molar refractivity (Wildman–Crippen MR) is 122 cm³/mol. The fourth-order valence-electron chi connectivity index (χ4n) is 3.09. The number of amides is 1. The molecule has 0 fully saturated rings. The van der Waals surface area contributed by atoms with Crippen molar-refractivity contribution in [3.63, 3.8) is 0 Å². The Kier molecular flexibility index (Phi) is 6.08. The molecule has 4 aromatic rings. The fourth-order valence-corrected chi connectivity index (χ4v) is 4.52. The summed E-state index contributed by atoms with van der Waals surface area (Å²) in [6, 6.07) is 19.8. The number of anilines is 1. The average molecular weight is 453 g/mol. The van der Waals surface area contributed by atoms with Crippen LogP contribution in [-0.4, -0.2) is 23.7 Å². The summed E-state index contributed by atoms with van der Waals surface area (Å²) in [7, 11) is -3.63. The highest BCUT2D eigenvalue weighted by atomic mass is 32.2. The SMILES string of the molecule is NS(=O)(=O)Cc1cccc(NC(=O)c2ccc(SCc3cn4ccccc4n3)cc2)c1. The molecule has 31 heavy (non-hydrogen) atoms. The first-order valence-corrected chi connectivity index (χ1v) is 12.1. The molecule has 158 valence electrons. The quantitative estimate of drug-likeness (QED) is 0.416. The molecule has 0 aliphatic carbocycles. The van der Waals surface area contributed by atoms with Crippen molar-refractivity contribution in [1.82, 2.24) is 9.38 Å². The highest BCUT2D eigenvalue weighted by Gasteiger charge is 2.09. The van der Waals surface area contributed by atoms with E-state index in [0.29, 0.717) is 16.8 Å². The van der Waals surface area contributed by atoms with Crippen molar-refractivity contribution in [3.8, 4) is 0 Å². The lowest BCUT2D eigenvalue weighted by Gasteiger charge is -2.08. The Morgan fingerprint density at radius 3 is 2.61 bits per heavy atom. The Morgan fingerprint density at radius 2 is 1.87 bits per heavy atom. The van der Waals surface area contributed by atoms with Crippen LogP contribution in [0, 0.1) is 0 Å². The largest absolute Gasteiger partial charge is 0.322 e. The van der Waals surface area contributed by atoms with Crippen LogP contribution < -0.4 is 10.5 Å². The van der Waals surface area contributed by atoms with Crippen LogP contribution >= 0.6 is 11.8 Å². The molecular formula is C22H20N4O3S2. The van der Waals surface area contributed by atoms with E-state index in [1.807, 2.05) is 47.1 Å². The summed E-state index contributed by atoms with van der Waals surface area (Å²) in [5.41, 5.74) is 3.43. The first-order chi connectivity index (χ1) is 14.9. The third kappa shape index (κ3) is 5.72. The van der Waals surface area contributed by atoms with Gasteiger partial charge in [-0.2, -0.15) is 0 Å². The molecular weight excluding hydrogens is 432 g/mol. The lowest BCUT2D eigenvalue weighted by Crippen LogP contribution is -2.15. The molecule has 0 aliphatic heterocycles. The number of primary sulfonamides is 1. The highest BCUT2D eigenvalue weighted by molar-refractivity contribution is 7.98. The lowest BCUT2D eigenvalue weighted by atomic mass is 10.2. The van der Waals surface area contributed by atoms with E-state index in [0.717, 1.165) is 22.0 Å². The smallest absolute Gasteiger partial charge is 0.255 e. The van der Waals surface area contributed by atoms with Crippen LogP contribution in [0.4, 0.5) is 5.69 Å². The Balaban J connectivity index is 1.37. The maximum absolute atomic E-state index is 12.5. The minimum absolute atomic E-state index is 0.273. The summed E-state index contributed by atoms with van der Waals surface area (Å²) in [5.74, 6) is 0.170. The van der Waals surface area contributed by atoms with E-state index in [1.54, 1.807) is 48.2 Å². The standard InChI is InChI=1S/C22H20N4O3S2/c23-31(28,29)15-16-4-3-5-18(12-16)25-22(27)17-7-9-20(10-8-17)30-14-19-13-26-11-2-1-6-21(26)24-19/h1-13H,14-15H2,(H,25,27)(H2,23,28,29). The number of pyridine rings is 1. The molecule has 4 rings (SSSR count). The van der Waals surface area contributed by atoms with E-state index in [1.165, 1.54) is 0 Å². The second-order valence-electron chi connectivity index (χ2n) is 6.97. The van der Waals surface area contributed by atoms with Crippen molar-refractivity contribution in [2.24, 2.45) is 5.14 Å². The van der Waals surface area contributed by atoms with Crippen LogP contribution in [0.5, 0.6) is 0 Å². The van der Waals surface area contributed by atoms with Crippen LogP contribution in [0.15, 0.2) is 84.0 Å². The zero-order chi connectivity index (χ0) is 21.8. The van der Waals surface area contributed by atoms with Crippen LogP contribution in [0.2, 0.25) is 0 Å². The van der Waals surface area contributed by atoms with Gasteiger partial charge in [0.1, 0.15) is 5.65 Å². The number of carbonyl (C=O) groups is 1. The topological polar surface area (TPSA) is 107 Å². The number of sulfonamides is 1. The second-order valence-corrected chi connectivity index (χ2v) is 9.64. The predicted octanol–water partition coefficient (Wildman–Crippen LogP) is 3.67. The van der Waals surface area contributed by atoms with Crippen molar-refractivity contribution >= 4 is 39.0 Å². The van der Waals surface area contributed by atoms with E-state index in [2.05, 4.69) is 10.3 Å². The molecule has 2 aromatic heterocycles. The summed E-state index contributed by atoms with van der Waals surface area (Å²) >= 11 is 1.64. The maximum Gasteiger partial charge on any atom is 0.255 e. The molecule has 0 atom stereocenters. The Hall–Kier alpha value is -3.14. The number of benzene rings is 2. The van der Waals surface area contributed by atoms with Gasteiger partial charge in [-0.25, -0.2) is 18.5 Å². The monoisotopic (exact) mass is 452 g/mol. The fraction of sp³-hybridized carbons (Fsp3) is 0.0909. The number of rotatable bonds is 7. The van der Waals surface area contributed by atoms with E-state index < -0.39 is 10.0 Å². The van der Waals surface area contributed by atoms with Crippen molar-refractivity contribution in [2.45, 2.75) is 16.4 Å². The van der Waals surface area contributed by atoms with Gasteiger partial charge < -0.3 is 9.72 Å². The minimum Gasteiger partial charge on any atom is -0.322 e. The number of imidazole rings is 1. The van der Waals surface area contributed by atoms with E-state index >= 15 is 0 Å². The summed E-state index contributed by atoms with van der Waals surface area (Å²) in [4.78, 5) is 18.1. The van der Waals surface area contributed by atoms with E-state index in [-0.39, 0.29) is 11.7 Å². The van der Waals surface area contributed by atoms with Crippen LogP contribution in [0.1, 0.15) is 21.6 Å². The normalized spacial score (nSPS) is 11.5. The van der Waals surface area contributed by atoms with Gasteiger partial charge in [0.15, 0.2) is 0 Å². The number of aromatic nitrogens is 2. The summed E-state index contributed by atoms with van der Waals surface area (Å²) in [5, 5.41) is 7.87. The third-order valence-electron chi connectivity index (χ3n) is 4.47. The molecule has 2 heterocycles. The molecule has 0 spiro atoms. The molecule has 0 aliphatic rings. The first-order valence-electron chi connectivity index (χ1n) is 9.42. The van der Waals surface area contributed by atoms with Crippen molar-refractivity contribution in [3.05, 3.63) is 95.9 Å². The lowest BCUT2D eigenvalue weighted by molar-refractivity contribution is 0.102. The van der Waals surface area contributed by atoms with Gasteiger partial charge in [0.2, 0.25) is 10.0 Å². The van der Waals surface area contributed by atoms with Gasteiger partial charge in [0.05, 0.1) is 11.4 Å². The van der Waals surface area contributed by atoms with Gasteiger partial charge in [0.25, 0.3) is 5.91 Å². The number of nitrogens with two attached hydrogens (primary N) is 1. The molecule has 0 unspecified atom stereocenters. The van der Waals surface area contributed by atoms with Crippen LogP contribution in [0.3, 0.4) is 0 Å². The minimum atomic E-state index is -3.63. The van der Waals surface area contributed by atoms with Gasteiger partial charge in [-0.15, -0.1) is 11.8 Å². The number of nitrogens with one attached hydrogen (secondary N) is 1. The third-order valence-corrected chi connectivity index (χ3v) is 6.25. The summed E-state index contributed by atoms with van der Waals surface area (Å²) in [6.45, 7) is 0. The Bertz CT molecular complexity index is 1300. The molecule has 0 radical (unpaired) electrons. The summed E-state index contributed by atoms with van der Waals surface area (Å²) < 4.78 is 24.5. The second kappa shape index (κ2) is 8.93. The molecule has 3 N–H and O–H groups in total. The first kappa shape index (κ1) is 21.1. The molecule has 7 nitrogen and oxygen atoms in total. The molecule has 0 saturated heterocycles. The van der Waals surface area contributed by atoms with Crippen LogP contribution in [0.25, 0.3) is 5.65 Å². The number of hydrogen-bond acceptors (Lipinski definition) is 5. The zero-order valence-electron chi connectivity index (χ0n) is 16.4. The Labute approximate surface area is 184 Å². The van der Waals surface area contributed by atoms with Gasteiger partial charge >= 0.3 is 0 Å². The number of carbonyl (C=O) groups excluding carboxylic acids is 1. The van der Waals surface area contributed by atoms with Gasteiger partial charge in [0, 0.05) is 34.3 Å². The molecule has 0 saturated carbocycles. The maximum atomic E-state index is 12.5. The number of hydrogen-bond donors (Lipinski definition) is 2. The number of nitrogens with zero attached hydrogens (tertiary/aromatic N) is 2. The number of thioether (sulfide) groups is 1. The zero-order valence-corrected chi connectivity index (χ0v) is 18.1. The summed E-state index contributed by atoms with van der Waals surface area (Å²) in [6.07, 6.45) is 3.97. The van der Waals surface area contributed by atoms with E-state index in [4.69, 9.17) is 5.14 Å². The van der Waals surface area contributed by atoms with E-state index in [9.17, 15) is 13.2 Å². The van der Waals surface area contributed by atoms with Crippen molar-refractivity contribution in [2.75, 3.05) is 5.32 Å². The molecule has 9 heteroatoms. The number of fused-ring (bicyclic) bond motifs is 1. The molecule has 2 aromatic carbocycles. The van der Waals surface area contributed by atoms with Gasteiger partial charge in [-0.3, -0.25) is 4.79 Å². The average Bonchev–Trinajstić information content (AvgIpc) is 3.15. The van der Waals surface area contributed by atoms with Gasteiger partial charge in [-0.05, 0) is 54.1 Å². The molecule has 1 amide bonds. The molecule has 0 bridgehead atoms. The van der Waals surface area contributed by atoms with Crippen molar-refractivity contribution < 1.29 is 13.2 Å².